The van der Waals surface area contributed by atoms with Gasteiger partial charge < -0.3 is 15.0 Å². The van der Waals surface area contributed by atoms with Crippen LogP contribution in [0.1, 0.15) is 19.8 Å². The van der Waals surface area contributed by atoms with Gasteiger partial charge in [0, 0.05) is 27.2 Å². The summed E-state index contributed by atoms with van der Waals surface area (Å²) in [6.07, 6.45) is 1.92. The molecule has 0 radical (unpaired) electrons. The largest absolute Gasteiger partial charge is 0.364 e. The van der Waals surface area contributed by atoms with Gasteiger partial charge in [-0.25, -0.2) is 4.79 Å². The SMILES string of the molecule is COC1NC(C)CCC1NC(=O)N(C)C. The zero-order valence-electron chi connectivity index (χ0n) is 9.91. The van der Waals surface area contributed by atoms with Gasteiger partial charge in [-0.3, -0.25) is 5.32 Å². The van der Waals surface area contributed by atoms with Crippen molar-refractivity contribution in [2.75, 3.05) is 21.2 Å². The highest BCUT2D eigenvalue weighted by atomic mass is 16.5. The van der Waals surface area contributed by atoms with Crippen molar-refractivity contribution in [1.82, 2.24) is 15.5 Å². The van der Waals surface area contributed by atoms with Gasteiger partial charge in [0.05, 0.1) is 6.04 Å². The van der Waals surface area contributed by atoms with Gasteiger partial charge in [-0.05, 0) is 19.8 Å². The Morgan fingerprint density at radius 2 is 2.13 bits per heavy atom. The predicted octanol–water partition coefficient (Wildman–Crippen LogP) is 0.371. The van der Waals surface area contributed by atoms with E-state index >= 15 is 0 Å². The molecule has 1 heterocycles. The highest BCUT2D eigenvalue weighted by Crippen LogP contribution is 2.14. The molecule has 88 valence electrons. The van der Waals surface area contributed by atoms with Crippen LogP contribution >= 0.6 is 0 Å². The summed E-state index contributed by atoms with van der Waals surface area (Å²) in [7, 11) is 5.12. The number of hydrogen-bond donors (Lipinski definition) is 2. The van der Waals surface area contributed by atoms with E-state index in [4.69, 9.17) is 4.74 Å². The second kappa shape index (κ2) is 5.32. The summed E-state index contributed by atoms with van der Waals surface area (Å²) >= 11 is 0. The van der Waals surface area contributed by atoms with Crippen molar-refractivity contribution >= 4 is 6.03 Å². The van der Waals surface area contributed by atoms with Gasteiger partial charge in [-0.15, -0.1) is 0 Å². The lowest BCUT2D eigenvalue weighted by molar-refractivity contribution is 0.0140. The van der Waals surface area contributed by atoms with Crippen LogP contribution in [-0.4, -0.2) is 50.4 Å². The van der Waals surface area contributed by atoms with E-state index in [9.17, 15) is 4.79 Å². The third-order valence-corrected chi connectivity index (χ3v) is 2.69. The van der Waals surface area contributed by atoms with Crippen molar-refractivity contribution in [3.63, 3.8) is 0 Å². The van der Waals surface area contributed by atoms with Crippen molar-refractivity contribution in [2.24, 2.45) is 0 Å². The summed E-state index contributed by atoms with van der Waals surface area (Å²) < 4.78 is 5.31. The Kier molecular flexibility index (Phi) is 4.35. The molecule has 1 saturated heterocycles. The summed E-state index contributed by atoms with van der Waals surface area (Å²) in [6, 6.07) is 0.432. The van der Waals surface area contributed by atoms with Crippen LogP contribution in [0.2, 0.25) is 0 Å². The zero-order valence-corrected chi connectivity index (χ0v) is 9.91. The van der Waals surface area contributed by atoms with Crippen LogP contribution in [0.25, 0.3) is 0 Å². The van der Waals surface area contributed by atoms with Gasteiger partial charge in [0.2, 0.25) is 0 Å². The number of hydrogen-bond acceptors (Lipinski definition) is 3. The van der Waals surface area contributed by atoms with E-state index in [1.54, 1.807) is 21.2 Å². The standard InChI is InChI=1S/C10H21N3O2/c1-7-5-6-8(9(11-7)15-4)12-10(14)13(2)3/h7-9,11H,5-6H2,1-4H3,(H,12,14). The summed E-state index contributed by atoms with van der Waals surface area (Å²) in [5, 5.41) is 6.24. The number of nitrogens with one attached hydrogen (secondary N) is 2. The van der Waals surface area contributed by atoms with Crippen LogP contribution in [-0.2, 0) is 4.74 Å². The van der Waals surface area contributed by atoms with E-state index in [2.05, 4.69) is 17.6 Å². The molecule has 0 aromatic heterocycles. The number of rotatable bonds is 2. The Balaban J connectivity index is 2.49. The molecule has 0 spiro atoms. The van der Waals surface area contributed by atoms with Gasteiger partial charge in [0.25, 0.3) is 0 Å². The number of methoxy groups -OCH3 is 1. The number of piperidine rings is 1. The number of carbonyl (C=O) groups excluding carboxylic acids is 1. The number of amides is 2. The van der Waals surface area contributed by atoms with Crippen LogP contribution < -0.4 is 10.6 Å². The van der Waals surface area contributed by atoms with E-state index < -0.39 is 0 Å². The molecular weight excluding hydrogens is 194 g/mol. The van der Waals surface area contributed by atoms with Crippen LogP contribution in [0.4, 0.5) is 4.79 Å². The molecule has 15 heavy (non-hydrogen) atoms. The first-order chi connectivity index (χ1) is 7.04. The van der Waals surface area contributed by atoms with Gasteiger partial charge in [-0.2, -0.15) is 0 Å². The first kappa shape index (κ1) is 12.3. The van der Waals surface area contributed by atoms with Gasteiger partial charge in [0.1, 0.15) is 6.23 Å². The Labute approximate surface area is 91.2 Å². The Bertz CT molecular complexity index is 221. The fraction of sp³-hybridized carbons (Fsp3) is 0.900. The molecule has 0 aliphatic carbocycles. The molecule has 5 heteroatoms. The number of urea groups is 1. The highest BCUT2D eigenvalue weighted by Gasteiger charge is 2.29. The molecule has 0 aromatic carbocycles. The lowest BCUT2D eigenvalue weighted by atomic mass is 10.0. The van der Waals surface area contributed by atoms with E-state index in [0.717, 1.165) is 12.8 Å². The summed E-state index contributed by atoms with van der Waals surface area (Å²) in [4.78, 5) is 13.0. The van der Waals surface area contributed by atoms with Gasteiger partial charge >= 0.3 is 6.03 Å². The molecule has 1 aliphatic rings. The number of nitrogens with zero attached hydrogens (tertiary/aromatic N) is 1. The minimum atomic E-state index is -0.0855. The molecular formula is C10H21N3O2. The molecule has 1 rings (SSSR count). The van der Waals surface area contributed by atoms with Gasteiger partial charge in [0.15, 0.2) is 0 Å². The van der Waals surface area contributed by atoms with Crippen LogP contribution in [0.15, 0.2) is 0 Å². The second-order valence-electron chi connectivity index (χ2n) is 4.25. The molecule has 3 unspecified atom stereocenters. The topological polar surface area (TPSA) is 53.6 Å². The maximum atomic E-state index is 11.5. The summed E-state index contributed by atoms with van der Waals surface area (Å²) in [5.74, 6) is 0. The number of ether oxygens (including phenoxy) is 1. The minimum absolute atomic E-state index is 0.0566. The highest BCUT2D eigenvalue weighted by molar-refractivity contribution is 5.73. The normalized spacial score (nSPS) is 31.1. The van der Waals surface area contributed by atoms with Crippen molar-refractivity contribution < 1.29 is 9.53 Å². The molecule has 0 aromatic rings. The maximum absolute atomic E-state index is 11.5. The predicted molar refractivity (Wildman–Crippen MR) is 58.6 cm³/mol. The Hall–Kier alpha value is -0.810. The molecule has 1 fully saturated rings. The second-order valence-corrected chi connectivity index (χ2v) is 4.25. The van der Waals surface area contributed by atoms with E-state index in [-0.39, 0.29) is 18.3 Å². The van der Waals surface area contributed by atoms with E-state index in [1.807, 2.05) is 0 Å². The first-order valence-corrected chi connectivity index (χ1v) is 5.31. The van der Waals surface area contributed by atoms with Crippen LogP contribution in [0.5, 0.6) is 0 Å². The van der Waals surface area contributed by atoms with Crippen molar-refractivity contribution in [3.05, 3.63) is 0 Å². The number of carbonyl (C=O) groups is 1. The first-order valence-electron chi connectivity index (χ1n) is 5.31. The van der Waals surface area contributed by atoms with Crippen LogP contribution in [0, 0.1) is 0 Å². The maximum Gasteiger partial charge on any atom is 0.317 e. The molecule has 1 aliphatic heterocycles. The summed E-state index contributed by atoms with van der Waals surface area (Å²) in [5.41, 5.74) is 0. The fourth-order valence-corrected chi connectivity index (χ4v) is 1.73. The molecule has 3 atom stereocenters. The van der Waals surface area contributed by atoms with Crippen molar-refractivity contribution in [2.45, 2.75) is 38.1 Å². The Morgan fingerprint density at radius 3 is 2.67 bits per heavy atom. The molecule has 2 amide bonds. The third-order valence-electron chi connectivity index (χ3n) is 2.69. The van der Waals surface area contributed by atoms with E-state index in [0.29, 0.717) is 6.04 Å². The van der Waals surface area contributed by atoms with Crippen molar-refractivity contribution in [1.29, 1.82) is 0 Å². The third kappa shape index (κ3) is 3.35. The summed E-state index contributed by atoms with van der Waals surface area (Å²) in [6.45, 7) is 2.12. The Morgan fingerprint density at radius 1 is 1.47 bits per heavy atom. The molecule has 5 nitrogen and oxygen atoms in total. The lowest BCUT2D eigenvalue weighted by Gasteiger charge is -2.36. The smallest absolute Gasteiger partial charge is 0.317 e. The lowest BCUT2D eigenvalue weighted by Crippen LogP contribution is -2.58. The average Bonchev–Trinajstić information content (AvgIpc) is 2.20. The van der Waals surface area contributed by atoms with Crippen molar-refractivity contribution in [3.8, 4) is 0 Å². The molecule has 0 bridgehead atoms. The zero-order chi connectivity index (χ0) is 11.4. The van der Waals surface area contributed by atoms with Gasteiger partial charge in [-0.1, -0.05) is 0 Å². The quantitative estimate of drug-likeness (QED) is 0.700. The van der Waals surface area contributed by atoms with Crippen LogP contribution in [0.3, 0.4) is 0 Å². The fourth-order valence-electron chi connectivity index (χ4n) is 1.73. The molecule has 0 saturated carbocycles. The minimum Gasteiger partial charge on any atom is -0.364 e. The monoisotopic (exact) mass is 215 g/mol. The molecule has 2 N–H and O–H groups in total. The van der Waals surface area contributed by atoms with E-state index in [1.165, 1.54) is 4.90 Å². The average molecular weight is 215 g/mol.